The minimum absolute atomic E-state index is 0.198. The molecule has 1 heterocycles. The van der Waals surface area contributed by atoms with Crippen molar-refractivity contribution in [3.05, 3.63) is 11.5 Å². The van der Waals surface area contributed by atoms with Crippen molar-refractivity contribution < 1.29 is 9.31 Å². The third-order valence-electron chi connectivity index (χ3n) is 4.00. The van der Waals surface area contributed by atoms with Crippen LogP contribution in [0.1, 0.15) is 47.0 Å². The minimum atomic E-state index is -0.250. The Bertz CT molecular complexity index is 296. The molecule has 1 aliphatic carbocycles. The van der Waals surface area contributed by atoms with E-state index in [-0.39, 0.29) is 24.4 Å². The van der Waals surface area contributed by atoms with Gasteiger partial charge in [-0.25, -0.2) is 0 Å². The summed E-state index contributed by atoms with van der Waals surface area (Å²) in [6, 6.07) is 0.263. The van der Waals surface area contributed by atoms with Crippen LogP contribution < -0.4 is 5.73 Å². The molecule has 1 saturated heterocycles. The van der Waals surface area contributed by atoms with Crippen molar-refractivity contribution in [3.8, 4) is 0 Å². The summed E-state index contributed by atoms with van der Waals surface area (Å²) in [5, 5.41) is 0. The topological polar surface area (TPSA) is 44.5 Å². The van der Waals surface area contributed by atoms with Gasteiger partial charge in [-0.15, -0.1) is 0 Å². The second-order valence-electron chi connectivity index (χ2n) is 5.91. The Morgan fingerprint density at radius 2 is 1.81 bits per heavy atom. The van der Waals surface area contributed by atoms with Gasteiger partial charge in [0, 0.05) is 6.04 Å². The Balaban J connectivity index is 2.11. The summed E-state index contributed by atoms with van der Waals surface area (Å²) in [6.45, 7) is 8.32. The van der Waals surface area contributed by atoms with Crippen LogP contribution in [0.2, 0.25) is 0 Å². The molecule has 0 bridgehead atoms. The van der Waals surface area contributed by atoms with Gasteiger partial charge in [0.25, 0.3) is 0 Å². The van der Waals surface area contributed by atoms with E-state index in [1.807, 2.05) is 0 Å². The summed E-state index contributed by atoms with van der Waals surface area (Å²) < 4.78 is 12.0. The fourth-order valence-corrected chi connectivity index (χ4v) is 2.16. The molecule has 2 aliphatic rings. The molecule has 1 fully saturated rings. The Hall–Kier alpha value is -0.315. The normalized spacial score (nSPS) is 32.7. The molecular weight excluding hydrogens is 201 g/mol. The highest BCUT2D eigenvalue weighted by molar-refractivity contribution is 6.54. The van der Waals surface area contributed by atoms with Gasteiger partial charge in [-0.3, -0.25) is 0 Å². The van der Waals surface area contributed by atoms with Gasteiger partial charge in [0.1, 0.15) is 0 Å². The maximum atomic E-state index is 6.01. The molecule has 0 aromatic rings. The number of hydrogen-bond donors (Lipinski definition) is 1. The Morgan fingerprint density at radius 3 is 2.31 bits per heavy atom. The molecule has 0 aromatic carbocycles. The zero-order chi connectivity index (χ0) is 12.0. The zero-order valence-electron chi connectivity index (χ0n) is 10.7. The fourth-order valence-electron chi connectivity index (χ4n) is 2.16. The maximum Gasteiger partial charge on any atom is 0.490 e. The fraction of sp³-hybridized carbons (Fsp3) is 0.833. The predicted molar refractivity (Wildman–Crippen MR) is 66.0 cm³/mol. The molecule has 3 nitrogen and oxygen atoms in total. The first-order chi connectivity index (χ1) is 7.32. The van der Waals surface area contributed by atoms with E-state index >= 15 is 0 Å². The summed E-state index contributed by atoms with van der Waals surface area (Å²) in [5.41, 5.74) is 6.70. The molecule has 0 aromatic heterocycles. The lowest BCUT2D eigenvalue weighted by atomic mass is 9.71. The van der Waals surface area contributed by atoms with E-state index < -0.39 is 0 Å². The van der Waals surface area contributed by atoms with E-state index in [9.17, 15) is 0 Å². The van der Waals surface area contributed by atoms with Crippen molar-refractivity contribution >= 4 is 7.12 Å². The van der Waals surface area contributed by atoms with Crippen molar-refractivity contribution in [2.75, 3.05) is 0 Å². The van der Waals surface area contributed by atoms with E-state index in [2.05, 4.69) is 33.8 Å². The molecule has 90 valence electrons. The van der Waals surface area contributed by atoms with Crippen LogP contribution in [0, 0.1) is 0 Å². The number of nitrogens with two attached hydrogens (primary N) is 1. The molecule has 1 unspecified atom stereocenters. The van der Waals surface area contributed by atoms with E-state index in [1.165, 1.54) is 5.47 Å². The Morgan fingerprint density at radius 1 is 1.25 bits per heavy atom. The highest BCUT2D eigenvalue weighted by atomic mass is 16.7. The van der Waals surface area contributed by atoms with Crippen LogP contribution in [0.5, 0.6) is 0 Å². The first-order valence-corrected chi connectivity index (χ1v) is 6.12. The van der Waals surface area contributed by atoms with Crippen LogP contribution >= 0.6 is 0 Å². The SMILES string of the molecule is CC1(C)OB(C2=CCCC(N)C2)OC1(C)C. The Kier molecular flexibility index (Phi) is 2.93. The van der Waals surface area contributed by atoms with Crippen molar-refractivity contribution in [2.45, 2.75) is 64.2 Å². The smallest absolute Gasteiger partial charge is 0.400 e. The molecule has 0 radical (unpaired) electrons. The van der Waals surface area contributed by atoms with Gasteiger partial charge in [-0.1, -0.05) is 6.08 Å². The summed E-state index contributed by atoms with van der Waals surface area (Å²) in [4.78, 5) is 0. The first kappa shape index (κ1) is 12.2. The Labute approximate surface area is 98.5 Å². The van der Waals surface area contributed by atoms with Crippen LogP contribution in [0.4, 0.5) is 0 Å². The predicted octanol–water partition coefficient (Wildman–Crippen LogP) is 2.06. The van der Waals surface area contributed by atoms with Gasteiger partial charge in [-0.05, 0) is 52.4 Å². The molecular formula is C12H22BNO2. The van der Waals surface area contributed by atoms with E-state index in [0.29, 0.717) is 0 Å². The van der Waals surface area contributed by atoms with Crippen LogP contribution in [0.25, 0.3) is 0 Å². The van der Waals surface area contributed by atoms with Crippen molar-refractivity contribution in [1.82, 2.24) is 0 Å². The standard InChI is InChI=1S/C12H22BNO2/c1-11(2)12(3,4)16-13(15-11)9-6-5-7-10(14)8-9/h6,10H,5,7-8,14H2,1-4H3. The van der Waals surface area contributed by atoms with Crippen molar-refractivity contribution in [3.63, 3.8) is 0 Å². The van der Waals surface area contributed by atoms with Crippen LogP contribution in [-0.4, -0.2) is 24.4 Å². The molecule has 0 spiro atoms. The van der Waals surface area contributed by atoms with Gasteiger partial charge in [0.2, 0.25) is 0 Å². The summed E-state index contributed by atoms with van der Waals surface area (Å²) in [6.07, 6.45) is 5.24. The zero-order valence-corrected chi connectivity index (χ0v) is 10.7. The van der Waals surface area contributed by atoms with E-state index in [1.54, 1.807) is 0 Å². The monoisotopic (exact) mass is 223 g/mol. The summed E-state index contributed by atoms with van der Waals surface area (Å²) in [7, 11) is -0.198. The highest BCUT2D eigenvalue weighted by Gasteiger charge is 2.52. The molecule has 4 heteroatoms. The van der Waals surface area contributed by atoms with Gasteiger partial charge in [0.15, 0.2) is 0 Å². The van der Waals surface area contributed by atoms with Gasteiger partial charge in [0.05, 0.1) is 11.2 Å². The minimum Gasteiger partial charge on any atom is -0.400 e. The molecule has 16 heavy (non-hydrogen) atoms. The lowest BCUT2D eigenvalue weighted by Gasteiger charge is -2.32. The summed E-state index contributed by atoms with van der Waals surface area (Å²) in [5.74, 6) is 0. The second kappa shape index (κ2) is 3.86. The number of allylic oxidation sites excluding steroid dienone is 1. The average molecular weight is 223 g/mol. The second-order valence-corrected chi connectivity index (χ2v) is 5.91. The average Bonchev–Trinajstić information content (AvgIpc) is 2.36. The van der Waals surface area contributed by atoms with E-state index in [4.69, 9.17) is 15.0 Å². The molecule has 2 rings (SSSR count). The molecule has 1 atom stereocenters. The molecule has 2 N–H and O–H groups in total. The maximum absolute atomic E-state index is 6.01. The van der Waals surface area contributed by atoms with Crippen LogP contribution in [0.3, 0.4) is 0 Å². The van der Waals surface area contributed by atoms with Crippen LogP contribution in [-0.2, 0) is 9.31 Å². The largest absolute Gasteiger partial charge is 0.490 e. The quantitative estimate of drug-likeness (QED) is 0.692. The van der Waals surface area contributed by atoms with Gasteiger partial charge < -0.3 is 15.0 Å². The summed E-state index contributed by atoms with van der Waals surface area (Å²) >= 11 is 0. The molecule has 0 amide bonds. The highest BCUT2D eigenvalue weighted by Crippen LogP contribution is 2.39. The third kappa shape index (κ3) is 2.06. The first-order valence-electron chi connectivity index (χ1n) is 6.12. The van der Waals surface area contributed by atoms with Crippen molar-refractivity contribution in [2.24, 2.45) is 5.73 Å². The molecule has 0 saturated carbocycles. The lowest BCUT2D eigenvalue weighted by Crippen LogP contribution is -2.41. The third-order valence-corrected chi connectivity index (χ3v) is 4.00. The number of rotatable bonds is 1. The lowest BCUT2D eigenvalue weighted by molar-refractivity contribution is 0.00578. The van der Waals surface area contributed by atoms with Gasteiger partial charge in [-0.2, -0.15) is 0 Å². The van der Waals surface area contributed by atoms with Crippen molar-refractivity contribution in [1.29, 1.82) is 0 Å². The van der Waals surface area contributed by atoms with E-state index in [0.717, 1.165) is 19.3 Å². The van der Waals surface area contributed by atoms with Crippen LogP contribution in [0.15, 0.2) is 11.5 Å². The van der Waals surface area contributed by atoms with Gasteiger partial charge >= 0.3 is 7.12 Å². The number of hydrogen-bond acceptors (Lipinski definition) is 3. The molecule has 1 aliphatic heterocycles.